The number of hydrogen-bond donors (Lipinski definition) is 3. The van der Waals surface area contributed by atoms with Crippen LogP contribution in [0.3, 0.4) is 0 Å². The van der Waals surface area contributed by atoms with E-state index in [2.05, 4.69) is 44.4 Å². The highest BCUT2D eigenvalue weighted by molar-refractivity contribution is 7.09. The molecule has 1 atom stereocenters. The second-order valence-corrected chi connectivity index (χ2v) is 10.6. The van der Waals surface area contributed by atoms with E-state index in [1.807, 2.05) is 23.6 Å². The molecular formula is C25H28F9N3O6S. The summed E-state index contributed by atoms with van der Waals surface area (Å²) in [6.45, 7) is 7.14. The molecule has 2 aliphatic rings. The van der Waals surface area contributed by atoms with Crippen LogP contribution < -0.4 is 0 Å². The summed E-state index contributed by atoms with van der Waals surface area (Å²) >= 11 is 1.89. The first kappa shape index (κ1) is 38.6. The Balaban J connectivity index is 0.000000379. The molecule has 0 aliphatic carbocycles. The molecule has 1 spiro atoms. The zero-order valence-electron chi connectivity index (χ0n) is 22.6. The summed E-state index contributed by atoms with van der Waals surface area (Å²) in [5, 5.41) is 23.6. The summed E-state index contributed by atoms with van der Waals surface area (Å²) in [5.74, 6) is -8.27. The van der Waals surface area contributed by atoms with E-state index in [1.54, 1.807) is 0 Å². The molecule has 2 saturated heterocycles. The maximum Gasteiger partial charge on any atom is 0.490 e. The number of alkyl halides is 9. The number of hydrogen-bond acceptors (Lipinski definition) is 7. The first-order valence-corrected chi connectivity index (χ1v) is 13.3. The Hall–Kier alpha value is -3.45. The maximum atomic E-state index is 10.6. The van der Waals surface area contributed by atoms with E-state index in [0.717, 1.165) is 13.1 Å². The predicted octanol–water partition coefficient (Wildman–Crippen LogP) is 5.53. The Kier molecular flexibility index (Phi) is 14.5. The van der Waals surface area contributed by atoms with Crippen LogP contribution in [0.4, 0.5) is 39.5 Å². The van der Waals surface area contributed by atoms with Crippen LogP contribution in [0.25, 0.3) is 0 Å². The van der Waals surface area contributed by atoms with Gasteiger partial charge in [0.1, 0.15) is 0 Å². The molecule has 19 heteroatoms. The van der Waals surface area contributed by atoms with Gasteiger partial charge in [-0.15, -0.1) is 11.3 Å². The van der Waals surface area contributed by atoms with Crippen LogP contribution in [0.1, 0.15) is 29.8 Å². The summed E-state index contributed by atoms with van der Waals surface area (Å²) in [6.07, 6.45) is -9.25. The average Bonchev–Trinajstić information content (AvgIpc) is 3.54. The first-order valence-electron chi connectivity index (χ1n) is 12.4. The minimum Gasteiger partial charge on any atom is -0.475 e. The summed E-state index contributed by atoms with van der Waals surface area (Å²) < 4.78 is 95.2. The van der Waals surface area contributed by atoms with Gasteiger partial charge in [0.25, 0.3) is 0 Å². The Morgan fingerprint density at radius 1 is 0.750 bits per heavy atom. The SMILES string of the molecule is O=C(O)C(F)(F)F.O=C(O)C(F)(F)F.O=C(O)C(F)(F)F.c1ccc(CN2CCCC3(CCN(Cc4cccs4)C3)C2)nc1. The van der Waals surface area contributed by atoms with Crippen LogP contribution in [0.15, 0.2) is 41.9 Å². The predicted molar refractivity (Wildman–Crippen MR) is 136 cm³/mol. The Labute approximate surface area is 248 Å². The van der Waals surface area contributed by atoms with Crippen molar-refractivity contribution in [3.63, 3.8) is 0 Å². The van der Waals surface area contributed by atoms with E-state index in [1.165, 1.54) is 56.0 Å². The molecule has 9 nitrogen and oxygen atoms in total. The lowest BCUT2D eigenvalue weighted by Crippen LogP contribution is -2.44. The molecule has 0 aromatic carbocycles. The van der Waals surface area contributed by atoms with E-state index >= 15 is 0 Å². The van der Waals surface area contributed by atoms with Crippen LogP contribution >= 0.6 is 11.3 Å². The van der Waals surface area contributed by atoms with Gasteiger partial charge in [-0.2, -0.15) is 39.5 Å². The number of aliphatic carboxylic acids is 3. The van der Waals surface area contributed by atoms with Crippen molar-refractivity contribution in [1.82, 2.24) is 14.8 Å². The number of aromatic nitrogens is 1. The molecule has 44 heavy (non-hydrogen) atoms. The van der Waals surface area contributed by atoms with Crippen molar-refractivity contribution < 1.29 is 69.2 Å². The highest BCUT2D eigenvalue weighted by Gasteiger charge is 2.41. The smallest absolute Gasteiger partial charge is 0.475 e. The molecule has 248 valence electrons. The van der Waals surface area contributed by atoms with E-state index in [4.69, 9.17) is 29.7 Å². The Morgan fingerprint density at radius 2 is 1.25 bits per heavy atom. The van der Waals surface area contributed by atoms with Gasteiger partial charge in [-0.25, -0.2) is 14.4 Å². The Bertz CT molecular complexity index is 1120. The van der Waals surface area contributed by atoms with Gasteiger partial charge in [-0.05, 0) is 61.3 Å². The number of thiophene rings is 1. The van der Waals surface area contributed by atoms with Crippen LogP contribution in [-0.2, 0) is 27.5 Å². The van der Waals surface area contributed by atoms with Crippen molar-refractivity contribution in [2.24, 2.45) is 5.41 Å². The number of halogens is 9. The molecule has 0 bridgehead atoms. The van der Waals surface area contributed by atoms with E-state index in [0.29, 0.717) is 5.41 Å². The molecule has 2 fully saturated rings. The summed E-state index contributed by atoms with van der Waals surface area (Å²) in [5.41, 5.74) is 1.72. The molecule has 4 rings (SSSR count). The zero-order valence-corrected chi connectivity index (χ0v) is 23.4. The van der Waals surface area contributed by atoms with Gasteiger partial charge < -0.3 is 15.3 Å². The lowest BCUT2D eigenvalue weighted by Gasteiger charge is -2.40. The molecule has 0 radical (unpaired) electrons. The fourth-order valence-electron chi connectivity index (χ4n) is 4.28. The van der Waals surface area contributed by atoms with Crippen molar-refractivity contribution in [3.8, 4) is 0 Å². The van der Waals surface area contributed by atoms with Gasteiger partial charge in [0.05, 0.1) is 5.69 Å². The van der Waals surface area contributed by atoms with Gasteiger partial charge in [0, 0.05) is 37.3 Å². The first-order chi connectivity index (χ1) is 20.1. The monoisotopic (exact) mass is 669 g/mol. The number of rotatable bonds is 4. The maximum absolute atomic E-state index is 10.6. The fraction of sp³-hybridized carbons (Fsp3) is 0.520. The van der Waals surface area contributed by atoms with Gasteiger partial charge in [-0.1, -0.05) is 12.1 Å². The van der Waals surface area contributed by atoms with Crippen LogP contribution in [0, 0.1) is 5.41 Å². The number of nitrogens with zero attached hydrogens (tertiary/aromatic N) is 3. The van der Waals surface area contributed by atoms with E-state index in [-0.39, 0.29) is 0 Å². The largest absolute Gasteiger partial charge is 0.490 e. The molecule has 3 N–H and O–H groups in total. The van der Waals surface area contributed by atoms with Crippen molar-refractivity contribution in [2.75, 3.05) is 26.2 Å². The highest BCUT2D eigenvalue weighted by Crippen LogP contribution is 2.40. The van der Waals surface area contributed by atoms with Crippen LogP contribution in [0.2, 0.25) is 0 Å². The van der Waals surface area contributed by atoms with Gasteiger partial charge in [-0.3, -0.25) is 14.8 Å². The molecule has 2 aliphatic heterocycles. The number of piperidine rings is 1. The standard InChI is InChI=1S/C19H25N3S.3C2HF3O2/c1-2-9-20-17(5-1)13-21-10-4-7-19(15-21)8-11-22(16-19)14-18-6-3-12-23-18;3*3-2(4,5)1(6)7/h1-3,5-6,9,12H,4,7-8,10-11,13-16H2;3*(H,6,7). The van der Waals surface area contributed by atoms with Crippen molar-refractivity contribution in [1.29, 1.82) is 0 Å². The molecule has 1 unspecified atom stereocenters. The van der Waals surface area contributed by atoms with Gasteiger partial charge in [0.2, 0.25) is 0 Å². The normalized spacial score (nSPS) is 19.0. The third-order valence-corrected chi connectivity index (χ3v) is 6.92. The van der Waals surface area contributed by atoms with Crippen LogP contribution in [0.5, 0.6) is 0 Å². The number of carboxylic acid groups (broad SMARTS) is 3. The summed E-state index contributed by atoms with van der Waals surface area (Å²) in [4.78, 5) is 38.0. The van der Waals surface area contributed by atoms with Crippen molar-refractivity contribution in [3.05, 3.63) is 52.5 Å². The molecule has 4 heterocycles. The third kappa shape index (κ3) is 14.8. The fourth-order valence-corrected chi connectivity index (χ4v) is 5.03. The van der Waals surface area contributed by atoms with E-state index in [9.17, 15) is 39.5 Å². The van der Waals surface area contributed by atoms with E-state index < -0.39 is 36.4 Å². The van der Waals surface area contributed by atoms with Crippen LogP contribution in [-0.4, -0.2) is 92.7 Å². The number of pyridine rings is 1. The molecular weight excluding hydrogens is 641 g/mol. The van der Waals surface area contributed by atoms with Crippen molar-refractivity contribution >= 4 is 29.2 Å². The molecule has 0 saturated carbocycles. The summed E-state index contributed by atoms with van der Waals surface area (Å²) in [6, 6.07) is 10.7. The van der Waals surface area contributed by atoms with Gasteiger partial charge >= 0.3 is 36.4 Å². The lowest BCUT2D eigenvalue weighted by molar-refractivity contribution is -0.193. The summed E-state index contributed by atoms with van der Waals surface area (Å²) in [7, 11) is 0. The molecule has 2 aromatic rings. The third-order valence-electron chi connectivity index (χ3n) is 6.06. The minimum absolute atomic E-state index is 0.518. The second kappa shape index (κ2) is 16.6. The quantitative estimate of drug-likeness (QED) is 0.360. The molecule has 0 amide bonds. The minimum atomic E-state index is -5.08. The molecule has 2 aromatic heterocycles. The topological polar surface area (TPSA) is 131 Å². The highest BCUT2D eigenvalue weighted by atomic mass is 32.1. The Morgan fingerprint density at radius 3 is 1.66 bits per heavy atom. The van der Waals surface area contributed by atoms with Crippen molar-refractivity contribution in [2.45, 2.75) is 50.9 Å². The zero-order chi connectivity index (χ0) is 33.8. The average molecular weight is 670 g/mol. The van der Waals surface area contributed by atoms with Gasteiger partial charge in [0.15, 0.2) is 0 Å². The number of carbonyl (C=O) groups is 3. The number of likely N-dealkylation sites (tertiary alicyclic amines) is 2. The number of carboxylic acids is 3. The second-order valence-electron chi connectivity index (χ2n) is 9.58. The lowest BCUT2D eigenvalue weighted by atomic mass is 9.79.